The number of hydrogen-bond acceptors (Lipinski definition) is 9. The van der Waals surface area contributed by atoms with E-state index in [0.717, 1.165) is 35.6 Å². The number of aromatic nitrogens is 2. The van der Waals surface area contributed by atoms with Gasteiger partial charge in [-0.1, -0.05) is 6.07 Å². The van der Waals surface area contributed by atoms with E-state index in [2.05, 4.69) is 15.3 Å². The Kier molecular flexibility index (Phi) is 6.85. The summed E-state index contributed by atoms with van der Waals surface area (Å²) in [7, 11) is -1.89. The molecular weight excluding hydrogens is 500 g/mol. The SMILES string of the molecule is COc1ccc(Nc2ccc(-c3cnc(C4CCC(OC(N)=O)CC4)s3)c(S(=O)(=O)C3CC3)c2)nc1. The molecule has 0 radical (unpaired) electrons. The van der Waals surface area contributed by atoms with E-state index in [9.17, 15) is 13.2 Å². The summed E-state index contributed by atoms with van der Waals surface area (Å²) < 4.78 is 37.0. The Bertz CT molecular complexity index is 1350. The minimum Gasteiger partial charge on any atom is -0.495 e. The Balaban J connectivity index is 1.40. The number of rotatable bonds is 8. The van der Waals surface area contributed by atoms with Gasteiger partial charge in [-0.25, -0.2) is 23.2 Å². The van der Waals surface area contributed by atoms with Gasteiger partial charge in [-0.15, -0.1) is 11.3 Å². The largest absolute Gasteiger partial charge is 0.495 e. The van der Waals surface area contributed by atoms with Gasteiger partial charge in [0.2, 0.25) is 0 Å². The van der Waals surface area contributed by atoms with Crippen LogP contribution < -0.4 is 15.8 Å². The molecule has 2 aromatic heterocycles. The summed E-state index contributed by atoms with van der Waals surface area (Å²) in [6.45, 7) is 0. The molecule has 9 nitrogen and oxygen atoms in total. The lowest BCUT2D eigenvalue weighted by Gasteiger charge is -2.26. The van der Waals surface area contributed by atoms with Gasteiger partial charge in [0.05, 0.1) is 33.3 Å². The van der Waals surface area contributed by atoms with Crippen LogP contribution in [0.3, 0.4) is 0 Å². The van der Waals surface area contributed by atoms with Gasteiger partial charge in [-0.05, 0) is 62.8 Å². The Morgan fingerprint density at radius 3 is 2.47 bits per heavy atom. The summed E-state index contributed by atoms with van der Waals surface area (Å²) in [6, 6.07) is 8.97. The number of amides is 1. The number of carbonyl (C=O) groups excluding carboxylic acids is 1. The van der Waals surface area contributed by atoms with Crippen molar-refractivity contribution in [2.24, 2.45) is 5.73 Å². The quantitative estimate of drug-likeness (QED) is 0.417. The van der Waals surface area contributed by atoms with E-state index >= 15 is 0 Å². The maximum Gasteiger partial charge on any atom is 0.404 e. The Morgan fingerprint density at radius 1 is 1.06 bits per heavy atom. The number of nitrogens with zero attached hydrogens (tertiary/aromatic N) is 2. The second kappa shape index (κ2) is 10.1. The topological polar surface area (TPSA) is 134 Å². The molecule has 2 heterocycles. The first kappa shape index (κ1) is 24.5. The van der Waals surface area contributed by atoms with Crippen LogP contribution in [0.25, 0.3) is 10.4 Å². The van der Waals surface area contributed by atoms with E-state index in [1.165, 1.54) is 11.3 Å². The van der Waals surface area contributed by atoms with E-state index in [0.29, 0.717) is 40.6 Å². The molecule has 0 spiro atoms. The number of sulfone groups is 1. The van der Waals surface area contributed by atoms with Gasteiger partial charge in [0, 0.05) is 23.4 Å². The van der Waals surface area contributed by atoms with E-state index in [1.54, 1.807) is 37.7 Å². The van der Waals surface area contributed by atoms with Crippen LogP contribution >= 0.6 is 11.3 Å². The number of pyridine rings is 1. The number of hydrogen-bond donors (Lipinski definition) is 2. The molecule has 0 atom stereocenters. The van der Waals surface area contributed by atoms with Crippen LogP contribution in [0.4, 0.5) is 16.3 Å². The van der Waals surface area contributed by atoms with Crippen LogP contribution in [-0.4, -0.2) is 42.9 Å². The molecule has 11 heteroatoms. The molecule has 3 N–H and O–H groups in total. The predicted octanol–water partition coefficient (Wildman–Crippen LogP) is 5.01. The smallest absolute Gasteiger partial charge is 0.404 e. The molecule has 190 valence electrons. The standard InChI is InChI=1S/C25H28N4O5S2/c1-33-18-7-11-23(27-13-18)29-16-4-10-20(22(12-16)36(31,32)19-8-9-19)21-14-28-24(35-21)15-2-5-17(6-3-15)34-25(26)30/h4,7,10-15,17,19H,2-3,5-6,8-9H2,1H3,(H2,26,30)(H,27,29). The third-order valence-electron chi connectivity index (χ3n) is 6.59. The highest BCUT2D eigenvalue weighted by atomic mass is 32.2. The highest BCUT2D eigenvalue weighted by molar-refractivity contribution is 7.92. The zero-order chi connectivity index (χ0) is 25.3. The number of benzene rings is 1. The van der Waals surface area contributed by atoms with Gasteiger partial charge in [0.25, 0.3) is 0 Å². The monoisotopic (exact) mass is 528 g/mol. The van der Waals surface area contributed by atoms with Crippen molar-refractivity contribution in [3.05, 3.63) is 47.7 Å². The molecule has 0 unspecified atom stereocenters. The molecule has 3 aromatic rings. The maximum atomic E-state index is 13.4. The number of primary amides is 1. The Morgan fingerprint density at radius 2 is 1.83 bits per heavy atom. The lowest BCUT2D eigenvalue weighted by molar-refractivity contribution is 0.0787. The molecule has 2 saturated carbocycles. The van der Waals surface area contributed by atoms with Crippen LogP contribution in [0, 0.1) is 0 Å². The average Bonchev–Trinajstić information content (AvgIpc) is 3.63. The van der Waals surface area contributed by atoms with Gasteiger partial charge < -0.3 is 20.5 Å². The zero-order valence-electron chi connectivity index (χ0n) is 19.8. The summed E-state index contributed by atoms with van der Waals surface area (Å²) in [5.41, 5.74) is 6.46. The predicted molar refractivity (Wildman–Crippen MR) is 137 cm³/mol. The number of nitrogens with two attached hydrogens (primary N) is 1. The van der Waals surface area contributed by atoms with Crippen molar-refractivity contribution in [3.63, 3.8) is 0 Å². The molecule has 36 heavy (non-hydrogen) atoms. The van der Waals surface area contributed by atoms with E-state index in [1.807, 2.05) is 12.1 Å². The first-order valence-corrected chi connectivity index (χ1v) is 14.3. The number of nitrogens with one attached hydrogen (secondary N) is 1. The van der Waals surface area contributed by atoms with E-state index in [-0.39, 0.29) is 17.3 Å². The van der Waals surface area contributed by atoms with Gasteiger partial charge >= 0.3 is 6.09 Å². The van der Waals surface area contributed by atoms with Gasteiger partial charge in [-0.3, -0.25) is 0 Å². The number of thiazole rings is 1. The van der Waals surface area contributed by atoms with Crippen LogP contribution in [-0.2, 0) is 14.6 Å². The lowest BCUT2D eigenvalue weighted by atomic mass is 9.88. The van der Waals surface area contributed by atoms with Crippen molar-refractivity contribution in [2.75, 3.05) is 12.4 Å². The van der Waals surface area contributed by atoms with Crippen molar-refractivity contribution in [1.82, 2.24) is 9.97 Å². The molecule has 1 aromatic carbocycles. The lowest BCUT2D eigenvalue weighted by Crippen LogP contribution is -2.26. The summed E-state index contributed by atoms with van der Waals surface area (Å²) in [6.07, 6.45) is 7.03. The van der Waals surface area contributed by atoms with Gasteiger partial charge in [-0.2, -0.15) is 0 Å². The first-order chi connectivity index (χ1) is 17.3. The number of carbonyl (C=O) groups is 1. The van der Waals surface area contributed by atoms with Crippen molar-refractivity contribution in [2.45, 2.75) is 60.7 Å². The van der Waals surface area contributed by atoms with Crippen molar-refractivity contribution in [1.29, 1.82) is 0 Å². The molecule has 2 fully saturated rings. The Hall–Kier alpha value is -3.18. The van der Waals surface area contributed by atoms with Crippen molar-refractivity contribution >= 4 is 38.8 Å². The zero-order valence-corrected chi connectivity index (χ0v) is 21.5. The average molecular weight is 529 g/mol. The molecule has 0 saturated heterocycles. The third kappa shape index (κ3) is 5.31. The molecular formula is C25H28N4O5S2. The Labute approximate surface area is 214 Å². The summed E-state index contributed by atoms with van der Waals surface area (Å²) in [5, 5.41) is 3.83. The third-order valence-corrected chi connectivity index (χ3v) is 10.1. The van der Waals surface area contributed by atoms with Crippen molar-refractivity contribution in [3.8, 4) is 16.2 Å². The first-order valence-electron chi connectivity index (χ1n) is 11.9. The number of ether oxygens (including phenoxy) is 2. The van der Waals surface area contributed by atoms with Crippen LogP contribution in [0.1, 0.15) is 49.5 Å². The van der Waals surface area contributed by atoms with E-state index in [4.69, 9.17) is 15.2 Å². The molecule has 5 rings (SSSR count). The second-order valence-corrected chi connectivity index (χ2v) is 12.4. The fraction of sp³-hybridized carbons (Fsp3) is 0.400. The summed E-state index contributed by atoms with van der Waals surface area (Å²) in [4.78, 5) is 21.1. The fourth-order valence-electron chi connectivity index (χ4n) is 4.51. The highest BCUT2D eigenvalue weighted by Crippen LogP contribution is 2.43. The van der Waals surface area contributed by atoms with Gasteiger partial charge in [0.1, 0.15) is 17.7 Å². The minimum absolute atomic E-state index is 0.145. The normalized spacial score (nSPS) is 20.0. The van der Waals surface area contributed by atoms with Crippen molar-refractivity contribution < 1.29 is 22.7 Å². The van der Waals surface area contributed by atoms with Crippen LogP contribution in [0.15, 0.2) is 47.6 Å². The molecule has 1 amide bonds. The molecule has 2 aliphatic carbocycles. The highest BCUT2D eigenvalue weighted by Gasteiger charge is 2.39. The number of anilines is 2. The minimum atomic E-state index is -3.47. The van der Waals surface area contributed by atoms with Crippen LogP contribution in [0.5, 0.6) is 5.75 Å². The summed E-state index contributed by atoms with van der Waals surface area (Å²) in [5.74, 6) is 1.49. The maximum absolute atomic E-state index is 13.4. The van der Waals surface area contributed by atoms with Crippen LogP contribution in [0.2, 0.25) is 0 Å². The second-order valence-electron chi connectivity index (χ2n) is 9.14. The fourth-order valence-corrected chi connectivity index (χ4v) is 7.60. The molecule has 0 bridgehead atoms. The number of methoxy groups -OCH3 is 1. The summed E-state index contributed by atoms with van der Waals surface area (Å²) >= 11 is 1.53. The molecule has 0 aliphatic heterocycles. The molecule has 2 aliphatic rings. The van der Waals surface area contributed by atoms with Gasteiger partial charge in [0.15, 0.2) is 9.84 Å². The van der Waals surface area contributed by atoms with E-state index < -0.39 is 15.9 Å².